The Labute approximate surface area is 100 Å². The van der Waals surface area contributed by atoms with Crippen LogP contribution in [0.4, 0.5) is 8.78 Å². The SMILES string of the molecule is CC(=O)N=[S@@](=O)(c1ccccc1)C(F)(F)Br. The molecular formula is C9H8BrF2NO2S. The molecule has 7 heteroatoms. The van der Waals surface area contributed by atoms with Crippen LogP contribution in [0, 0.1) is 0 Å². The highest BCUT2D eigenvalue weighted by atomic mass is 79.9. The van der Waals surface area contributed by atoms with Crippen molar-refractivity contribution in [1.29, 1.82) is 0 Å². The molecule has 0 N–H and O–H groups in total. The van der Waals surface area contributed by atoms with Gasteiger partial charge in [0.15, 0.2) is 9.73 Å². The molecule has 0 spiro atoms. The monoisotopic (exact) mass is 311 g/mol. The van der Waals surface area contributed by atoms with Crippen molar-refractivity contribution in [3.8, 4) is 0 Å². The minimum Gasteiger partial charge on any atom is -0.272 e. The Kier molecular flexibility index (Phi) is 3.80. The van der Waals surface area contributed by atoms with E-state index >= 15 is 0 Å². The number of rotatable bonds is 2. The fraction of sp³-hybridized carbons (Fsp3) is 0.222. The van der Waals surface area contributed by atoms with Gasteiger partial charge in [-0.25, -0.2) is 4.21 Å². The van der Waals surface area contributed by atoms with E-state index in [1.165, 1.54) is 24.3 Å². The van der Waals surface area contributed by atoms with Gasteiger partial charge in [0.25, 0.3) is 5.91 Å². The quantitative estimate of drug-likeness (QED) is 0.788. The number of nitrogens with zero attached hydrogens (tertiary/aromatic N) is 1. The van der Waals surface area contributed by atoms with Gasteiger partial charge in [-0.15, -0.1) is 0 Å². The molecule has 16 heavy (non-hydrogen) atoms. The molecule has 0 aliphatic rings. The summed E-state index contributed by atoms with van der Waals surface area (Å²) < 4.78 is 37.7. The maximum Gasteiger partial charge on any atom is 0.387 e. The number of halogens is 3. The molecule has 88 valence electrons. The van der Waals surface area contributed by atoms with Gasteiger partial charge in [0.1, 0.15) is 0 Å². The van der Waals surface area contributed by atoms with Crippen molar-refractivity contribution >= 4 is 31.6 Å². The summed E-state index contributed by atoms with van der Waals surface area (Å²) in [6, 6.07) is 6.96. The van der Waals surface area contributed by atoms with Gasteiger partial charge in [0.2, 0.25) is 0 Å². The molecule has 1 atom stereocenters. The molecule has 0 saturated heterocycles. The average molecular weight is 312 g/mol. The lowest BCUT2D eigenvalue weighted by Gasteiger charge is -2.14. The van der Waals surface area contributed by atoms with Gasteiger partial charge in [-0.3, -0.25) is 4.79 Å². The van der Waals surface area contributed by atoms with Crippen molar-refractivity contribution in [2.45, 2.75) is 16.0 Å². The van der Waals surface area contributed by atoms with Crippen molar-refractivity contribution in [3.63, 3.8) is 0 Å². The van der Waals surface area contributed by atoms with Crippen LogP contribution < -0.4 is 0 Å². The first-order valence-electron chi connectivity index (χ1n) is 4.16. The van der Waals surface area contributed by atoms with Gasteiger partial charge >= 0.3 is 4.16 Å². The van der Waals surface area contributed by atoms with E-state index in [9.17, 15) is 17.8 Å². The lowest BCUT2D eigenvalue weighted by atomic mass is 10.4. The van der Waals surface area contributed by atoms with Crippen molar-refractivity contribution < 1.29 is 17.8 Å². The predicted molar refractivity (Wildman–Crippen MR) is 59.8 cm³/mol. The van der Waals surface area contributed by atoms with Crippen LogP contribution in [0.25, 0.3) is 0 Å². The van der Waals surface area contributed by atoms with Gasteiger partial charge in [0.05, 0.1) is 4.90 Å². The summed E-state index contributed by atoms with van der Waals surface area (Å²) in [5.41, 5.74) is 0. The van der Waals surface area contributed by atoms with E-state index in [-0.39, 0.29) is 4.90 Å². The Morgan fingerprint density at radius 3 is 2.25 bits per heavy atom. The Morgan fingerprint density at radius 1 is 1.38 bits per heavy atom. The third-order valence-electron chi connectivity index (χ3n) is 1.63. The topological polar surface area (TPSA) is 46.5 Å². The van der Waals surface area contributed by atoms with Crippen molar-refractivity contribution in [3.05, 3.63) is 30.3 Å². The molecule has 0 unspecified atom stereocenters. The highest BCUT2D eigenvalue weighted by molar-refractivity contribution is 9.11. The van der Waals surface area contributed by atoms with E-state index in [4.69, 9.17) is 0 Å². The minimum atomic E-state index is -4.12. The molecular weight excluding hydrogens is 304 g/mol. The number of carbonyl (C=O) groups is 1. The van der Waals surface area contributed by atoms with Crippen LogP contribution in [0.5, 0.6) is 0 Å². The maximum atomic E-state index is 13.2. The zero-order valence-electron chi connectivity index (χ0n) is 8.19. The molecule has 0 fully saturated rings. The van der Waals surface area contributed by atoms with Gasteiger partial charge in [-0.2, -0.15) is 13.1 Å². The second-order valence-electron chi connectivity index (χ2n) is 2.89. The predicted octanol–water partition coefficient (Wildman–Crippen LogP) is 3.01. The largest absolute Gasteiger partial charge is 0.387 e. The van der Waals surface area contributed by atoms with Crippen molar-refractivity contribution in [2.24, 2.45) is 4.36 Å². The lowest BCUT2D eigenvalue weighted by Crippen LogP contribution is -2.22. The fourth-order valence-corrected chi connectivity index (χ4v) is 3.17. The molecule has 1 rings (SSSR count). The third-order valence-corrected chi connectivity index (χ3v) is 5.00. The van der Waals surface area contributed by atoms with Crippen molar-refractivity contribution in [1.82, 2.24) is 0 Å². The van der Waals surface area contributed by atoms with Gasteiger partial charge < -0.3 is 0 Å². The van der Waals surface area contributed by atoms with Gasteiger partial charge in [0, 0.05) is 22.9 Å². The molecule has 0 aliphatic carbocycles. The van der Waals surface area contributed by atoms with Gasteiger partial charge in [-0.05, 0) is 12.1 Å². The third kappa shape index (κ3) is 2.65. The normalized spacial score (nSPS) is 15.2. The smallest absolute Gasteiger partial charge is 0.272 e. The first-order chi connectivity index (χ1) is 7.27. The minimum absolute atomic E-state index is 0.188. The summed E-state index contributed by atoms with van der Waals surface area (Å²) in [7, 11) is -4.12. The summed E-state index contributed by atoms with van der Waals surface area (Å²) in [6.45, 7) is 0.974. The molecule has 0 saturated carbocycles. The van der Waals surface area contributed by atoms with E-state index in [2.05, 4.69) is 4.36 Å². The first-order valence-corrected chi connectivity index (χ1v) is 6.47. The Balaban J connectivity index is 3.52. The number of alkyl halides is 3. The highest BCUT2D eigenvalue weighted by Gasteiger charge is 2.41. The van der Waals surface area contributed by atoms with E-state index < -0.39 is 19.8 Å². The molecule has 0 heterocycles. The number of amides is 1. The highest BCUT2D eigenvalue weighted by Crippen LogP contribution is 2.36. The summed E-state index contributed by atoms with van der Waals surface area (Å²) >= 11 is 2.01. The molecule has 0 aliphatic heterocycles. The molecule has 0 radical (unpaired) electrons. The van der Waals surface area contributed by atoms with E-state index in [0.29, 0.717) is 0 Å². The van der Waals surface area contributed by atoms with Crippen LogP contribution in [0.15, 0.2) is 39.6 Å². The lowest BCUT2D eigenvalue weighted by molar-refractivity contribution is -0.115. The second kappa shape index (κ2) is 4.58. The summed E-state index contributed by atoms with van der Waals surface area (Å²) in [5.74, 6) is -0.909. The summed E-state index contributed by atoms with van der Waals surface area (Å²) in [4.78, 5) is 10.6. The fourth-order valence-electron chi connectivity index (χ4n) is 1.02. The zero-order valence-corrected chi connectivity index (χ0v) is 10.6. The Morgan fingerprint density at radius 2 is 1.88 bits per heavy atom. The van der Waals surface area contributed by atoms with Crippen LogP contribution in [-0.2, 0) is 14.5 Å². The van der Waals surface area contributed by atoms with Crippen LogP contribution in [0.3, 0.4) is 0 Å². The van der Waals surface area contributed by atoms with E-state index in [1.807, 2.05) is 15.9 Å². The average Bonchev–Trinajstić information content (AvgIpc) is 2.16. The Hall–Kier alpha value is -0.820. The molecule has 1 aromatic rings. The van der Waals surface area contributed by atoms with E-state index in [0.717, 1.165) is 6.92 Å². The molecule has 0 bridgehead atoms. The number of benzene rings is 1. The van der Waals surface area contributed by atoms with Crippen LogP contribution in [-0.4, -0.2) is 14.3 Å². The summed E-state index contributed by atoms with van der Waals surface area (Å²) in [6.07, 6.45) is 0. The van der Waals surface area contributed by atoms with Gasteiger partial charge in [-0.1, -0.05) is 18.2 Å². The molecule has 1 amide bonds. The number of carbonyl (C=O) groups excluding carboxylic acids is 1. The maximum absolute atomic E-state index is 13.2. The van der Waals surface area contributed by atoms with Crippen LogP contribution >= 0.6 is 15.9 Å². The van der Waals surface area contributed by atoms with Crippen LogP contribution in [0.1, 0.15) is 6.92 Å². The van der Waals surface area contributed by atoms with Crippen molar-refractivity contribution in [2.75, 3.05) is 0 Å². The zero-order chi connectivity index (χ0) is 12.4. The van der Waals surface area contributed by atoms with E-state index in [1.54, 1.807) is 6.07 Å². The second-order valence-corrected chi connectivity index (χ2v) is 6.63. The number of hydrogen-bond donors (Lipinski definition) is 0. The molecule has 3 nitrogen and oxygen atoms in total. The first kappa shape index (κ1) is 13.2. The van der Waals surface area contributed by atoms with Crippen LogP contribution in [0.2, 0.25) is 0 Å². The molecule has 0 aromatic heterocycles. The summed E-state index contributed by atoms with van der Waals surface area (Å²) in [5, 5.41) is 0. The molecule has 1 aromatic carbocycles. The Bertz CT molecular complexity index is 504. The number of hydrogen-bond acceptors (Lipinski definition) is 2. The standard InChI is InChI=1S/C9H8BrF2NO2S/c1-7(14)13-16(15,9(10,11)12)8-5-3-2-4-6-8/h2-6H,1H3/t16-/m1/s1.